The Kier molecular flexibility index (Phi) is 4.74. The minimum absolute atomic E-state index is 0.365. The van der Waals surface area contributed by atoms with Gasteiger partial charge >= 0.3 is 0 Å². The van der Waals surface area contributed by atoms with Gasteiger partial charge in [-0.25, -0.2) is 0 Å². The molecule has 1 fully saturated rings. The molecule has 0 saturated carbocycles. The Morgan fingerprint density at radius 3 is 2.86 bits per heavy atom. The predicted octanol–water partition coefficient (Wildman–Crippen LogP) is 1.88. The Morgan fingerprint density at radius 2 is 2.36 bits per heavy atom. The molecule has 2 nitrogen and oxygen atoms in total. The molecule has 1 heterocycles. The second-order valence-electron chi connectivity index (χ2n) is 4.61. The van der Waals surface area contributed by atoms with E-state index < -0.39 is 5.60 Å². The van der Waals surface area contributed by atoms with E-state index in [9.17, 15) is 5.11 Å². The van der Waals surface area contributed by atoms with E-state index in [0.717, 1.165) is 13.0 Å². The molecule has 2 N–H and O–H groups in total. The van der Waals surface area contributed by atoms with Crippen molar-refractivity contribution in [1.29, 1.82) is 0 Å². The second kappa shape index (κ2) is 5.38. The molecule has 0 amide bonds. The van der Waals surface area contributed by atoms with Crippen LogP contribution in [0.4, 0.5) is 0 Å². The van der Waals surface area contributed by atoms with E-state index >= 15 is 0 Å². The highest BCUT2D eigenvalue weighted by Crippen LogP contribution is 2.21. The molecular weight excluding hydrogens is 194 g/mol. The van der Waals surface area contributed by atoms with Crippen LogP contribution in [-0.4, -0.2) is 34.8 Å². The third-order valence-corrected chi connectivity index (χ3v) is 4.51. The van der Waals surface area contributed by atoms with Gasteiger partial charge in [0.1, 0.15) is 0 Å². The van der Waals surface area contributed by atoms with E-state index in [2.05, 4.69) is 19.2 Å². The molecule has 3 unspecified atom stereocenters. The zero-order valence-corrected chi connectivity index (χ0v) is 10.4. The maximum absolute atomic E-state index is 10.2. The van der Waals surface area contributed by atoms with Gasteiger partial charge in [0.2, 0.25) is 0 Å². The van der Waals surface area contributed by atoms with E-state index in [1.165, 1.54) is 17.9 Å². The Balaban J connectivity index is 2.27. The molecule has 0 bridgehead atoms. The molecule has 1 saturated heterocycles. The van der Waals surface area contributed by atoms with Crippen molar-refractivity contribution in [2.75, 3.05) is 18.1 Å². The summed E-state index contributed by atoms with van der Waals surface area (Å²) in [5.41, 5.74) is -0.554. The van der Waals surface area contributed by atoms with Gasteiger partial charge < -0.3 is 10.4 Å². The lowest BCUT2D eigenvalue weighted by molar-refractivity contribution is 0.00388. The van der Waals surface area contributed by atoms with Crippen LogP contribution in [-0.2, 0) is 0 Å². The summed E-state index contributed by atoms with van der Waals surface area (Å²) in [6.07, 6.45) is 2.29. The number of hydrogen-bond donors (Lipinski definition) is 2. The van der Waals surface area contributed by atoms with Crippen LogP contribution in [0, 0.1) is 5.92 Å². The Hall–Kier alpha value is 0.270. The number of aliphatic hydroxyl groups is 1. The lowest BCUT2D eigenvalue weighted by Gasteiger charge is -2.31. The lowest BCUT2D eigenvalue weighted by Crippen LogP contribution is -2.46. The van der Waals surface area contributed by atoms with Crippen molar-refractivity contribution in [2.45, 2.75) is 45.3 Å². The summed E-state index contributed by atoms with van der Waals surface area (Å²) < 4.78 is 0. The van der Waals surface area contributed by atoms with Gasteiger partial charge in [0.05, 0.1) is 5.60 Å². The SMILES string of the molecule is CCC(C)C(C)(O)CNC1CCSC1. The molecule has 0 aromatic heterocycles. The Bertz CT molecular complexity index is 167. The monoisotopic (exact) mass is 217 g/mol. The summed E-state index contributed by atoms with van der Waals surface area (Å²) in [7, 11) is 0. The van der Waals surface area contributed by atoms with Crippen molar-refractivity contribution < 1.29 is 5.11 Å². The van der Waals surface area contributed by atoms with Crippen molar-refractivity contribution in [3.8, 4) is 0 Å². The average molecular weight is 217 g/mol. The van der Waals surface area contributed by atoms with E-state index in [1.54, 1.807) is 0 Å². The van der Waals surface area contributed by atoms with Crippen molar-refractivity contribution >= 4 is 11.8 Å². The fraction of sp³-hybridized carbons (Fsp3) is 1.00. The van der Waals surface area contributed by atoms with E-state index in [4.69, 9.17) is 0 Å². The van der Waals surface area contributed by atoms with Gasteiger partial charge in [-0.1, -0.05) is 20.3 Å². The number of rotatable bonds is 5. The van der Waals surface area contributed by atoms with E-state index in [1.807, 2.05) is 18.7 Å². The van der Waals surface area contributed by atoms with Crippen LogP contribution < -0.4 is 5.32 Å². The van der Waals surface area contributed by atoms with Gasteiger partial charge in [-0.05, 0) is 25.0 Å². The highest BCUT2D eigenvalue weighted by molar-refractivity contribution is 7.99. The fourth-order valence-electron chi connectivity index (χ4n) is 1.66. The van der Waals surface area contributed by atoms with Crippen molar-refractivity contribution in [1.82, 2.24) is 5.32 Å². The lowest BCUT2D eigenvalue weighted by atomic mass is 9.88. The van der Waals surface area contributed by atoms with Gasteiger partial charge in [-0.15, -0.1) is 0 Å². The van der Waals surface area contributed by atoms with E-state index in [0.29, 0.717) is 12.0 Å². The predicted molar refractivity (Wildman–Crippen MR) is 63.8 cm³/mol. The number of thioether (sulfide) groups is 1. The maximum atomic E-state index is 10.2. The molecule has 0 aromatic rings. The molecule has 3 atom stereocenters. The molecule has 1 aliphatic rings. The van der Waals surface area contributed by atoms with Crippen LogP contribution in [0.15, 0.2) is 0 Å². The van der Waals surface area contributed by atoms with Gasteiger partial charge in [-0.3, -0.25) is 0 Å². The molecule has 0 spiro atoms. The number of nitrogens with one attached hydrogen (secondary N) is 1. The first kappa shape index (κ1) is 12.3. The van der Waals surface area contributed by atoms with Crippen molar-refractivity contribution in [3.63, 3.8) is 0 Å². The first-order chi connectivity index (χ1) is 6.56. The summed E-state index contributed by atoms with van der Waals surface area (Å²) in [5.74, 6) is 2.84. The van der Waals surface area contributed by atoms with Crippen LogP contribution in [0.2, 0.25) is 0 Å². The quantitative estimate of drug-likeness (QED) is 0.737. The van der Waals surface area contributed by atoms with Crippen LogP contribution in [0.5, 0.6) is 0 Å². The van der Waals surface area contributed by atoms with Crippen LogP contribution >= 0.6 is 11.8 Å². The average Bonchev–Trinajstić information content (AvgIpc) is 2.66. The third-order valence-electron chi connectivity index (χ3n) is 3.35. The topological polar surface area (TPSA) is 32.3 Å². The standard InChI is InChI=1S/C11H23NOS/c1-4-9(2)11(3,13)8-12-10-5-6-14-7-10/h9-10,12-13H,4-8H2,1-3H3. The second-order valence-corrected chi connectivity index (χ2v) is 5.76. The maximum Gasteiger partial charge on any atom is 0.0768 e. The highest BCUT2D eigenvalue weighted by Gasteiger charge is 2.28. The van der Waals surface area contributed by atoms with Crippen LogP contribution in [0.3, 0.4) is 0 Å². The van der Waals surface area contributed by atoms with E-state index in [-0.39, 0.29) is 0 Å². The molecule has 0 radical (unpaired) electrons. The Labute approximate surface area is 91.9 Å². The number of hydrogen-bond acceptors (Lipinski definition) is 3. The zero-order chi connectivity index (χ0) is 10.6. The summed E-state index contributed by atoms with van der Waals surface area (Å²) >= 11 is 2.00. The Morgan fingerprint density at radius 1 is 1.64 bits per heavy atom. The minimum Gasteiger partial charge on any atom is -0.389 e. The highest BCUT2D eigenvalue weighted by atomic mass is 32.2. The molecule has 3 heteroatoms. The molecule has 14 heavy (non-hydrogen) atoms. The first-order valence-corrected chi connectivity index (χ1v) is 6.75. The molecular formula is C11H23NOS. The smallest absolute Gasteiger partial charge is 0.0768 e. The molecule has 84 valence electrons. The van der Waals surface area contributed by atoms with Crippen LogP contribution in [0.25, 0.3) is 0 Å². The molecule has 0 aliphatic carbocycles. The van der Waals surface area contributed by atoms with Crippen LogP contribution in [0.1, 0.15) is 33.6 Å². The molecule has 1 rings (SSSR count). The third kappa shape index (κ3) is 3.44. The summed E-state index contributed by atoms with van der Waals surface area (Å²) in [6, 6.07) is 0.621. The van der Waals surface area contributed by atoms with Crippen molar-refractivity contribution in [2.24, 2.45) is 5.92 Å². The summed E-state index contributed by atoms with van der Waals surface area (Å²) in [5, 5.41) is 13.6. The fourth-order valence-corrected chi connectivity index (χ4v) is 2.85. The van der Waals surface area contributed by atoms with Gasteiger partial charge in [0, 0.05) is 18.3 Å². The molecule has 1 aliphatic heterocycles. The molecule has 0 aromatic carbocycles. The van der Waals surface area contributed by atoms with Gasteiger partial charge in [-0.2, -0.15) is 11.8 Å². The normalized spacial score (nSPS) is 28.7. The first-order valence-electron chi connectivity index (χ1n) is 5.59. The summed E-state index contributed by atoms with van der Waals surface area (Å²) in [4.78, 5) is 0. The largest absolute Gasteiger partial charge is 0.389 e. The zero-order valence-electron chi connectivity index (χ0n) is 9.55. The van der Waals surface area contributed by atoms with Gasteiger partial charge in [0.15, 0.2) is 0 Å². The van der Waals surface area contributed by atoms with Gasteiger partial charge in [0.25, 0.3) is 0 Å². The van der Waals surface area contributed by atoms with Crippen molar-refractivity contribution in [3.05, 3.63) is 0 Å². The summed E-state index contributed by atoms with van der Waals surface area (Å²) in [6.45, 7) is 6.92. The minimum atomic E-state index is -0.554.